The molecule has 3 rings (SSSR count). The molecule has 2 N–H and O–H groups in total. The predicted molar refractivity (Wildman–Crippen MR) is 106 cm³/mol. The van der Waals surface area contributed by atoms with Crippen molar-refractivity contribution in [1.82, 2.24) is 15.3 Å². The number of benzene rings is 2. The Hall–Kier alpha value is -3.12. The van der Waals surface area contributed by atoms with Crippen LogP contribution < -0.4 is 15.4 Å². The van der Waals surface area contributed by atoms with E-state index in [1.165, 1.54) is 6.20 Å². The zero-order chi connectivity index (χ0) is 19.1. The number of hydrogen-bond donors (Lipinski definition) is 2. The number of halogens is 1. The first-order valence-electron chi connectivity index (χ1n) is 8.41. The Balaban J connectivity index is 1.57. The quantitative estimate of drug-likeness (QED) is 0.649. The second-order valence-corrected chi connectivity index (χ2v) is 6.13. The summed E-state index contributed by atoms with van der Waals surface area (Å²) in [5.74, 6) is 0.862. The van der Waals surface area contributed by atoms with E-state index in [4.69, 9.17) is 16.3 Å². The second-order valence-electron chi connectivity index (χ2n) is 5.72. The van der Waals surface area contributed by atoms with Gasteiger partial charge in [0.05, 0.1) is 17.8 Å². The van der Waals surface area contributed by atoms with Gasteiger partial charge in [-0.2, -0.15) is 0 Å². The van der Waals surface area contributed by atoms with Crippen molar-refractivity contribution in [3.63, 3.8) is 0 Å². The molecule has 0 saturated carbocycles. The molecule has 3 aromatic rings. The number of carbonyl (C=O) groups is 1. The maximum atomic E-state index is 12.3. The summed E-state index contributed by atoms with van der Waals surface area (Å²) in [6, 6.07) is 16.6. The number of amides is 1. The Labute approximate surface area is 162 Å². The highest BCUT2D eigenvalue weighted by atomic mass is 35.5. The Kier molecular flexibility index (Phi) is 6.22. The second kappa shape index (κ2) is 9.00. The van der Waals surface area contributed by atoms with Crippen LogP contribution in [0.1, 0.15) is 16.1 Å². The lowest BCUT2D eigenvalue weighted by Crippen LogP contribution is -2.26. The molecule has 0 aliphatic rings. The normalized spacial score (nSPS) is 10.3. The molecule has 0 aliphatic heterocycles. The third-order valence-corrected chi connectivity index (χ3v) is 4.20. The van der Waals surface area contributed by atoms with Gasteiger partial charge in [0, 0.05) is 12.7 Å². The summed E-state index contributed by atoms with van der Waals surface area (Å²) >= 11 is 6.12. The summed E-state index contributed by atoms with van der Waals surface area (Å²) < 4.78 is 5.13. The molecule has 0 radical (unpaired) electrons. The fraction of sp³-hybridized carbons (Fsp3) is 0.150. The van der Waals surface area contributed by atoms with Gasteiger partial charge in [-0.05, 0) is 42.3 Å². The third-order valence-electron chi connectivity index (χ3n) is 3.87. The van der Waals surface area contributed by atoms with E-state index in [2.05, 4.69) is 20.6 Å². The van der Waals surface area contributed by atoms with Crippen molar-refractivity contribution in [3.05, 3.63) is 77.1 Å². The Morgan fingerprint density at radius 3 is 2.63 bits per heavy atom. The largest absolute Gasteiger partial charge is 0.497 e. The number of para-hydroxylation sites is 1. The number of nitrogens with zero attached hydrogens (tertiary/aromatic N) is 2. The van der Waals surface area contributed by atoms with Gasteiger partial charge in [-0.1, -0.05) is 35.9 Å². The van der Waals surface area contributed by atoms with E-state index in [0.717, 1.165) is 11.3 Å². The summed E-state index contributed by atoms with van der Waals surface area (Å²) in [4.78, 5) is 20.7. The molecule has 0 atom stereocenters. The first-order valence-corrected chi connectivity index (χ1v) is 8.79. The SMILES string of the molecule is COc1ccc(CCNC(=O)c2ccnc(Nc3ccccc3Cl)n2)cc1. The fourth-order valence-corrected chi connectivity index (χ4v) is 2.61. The average Bonchev–Trinajstić information content (AvgIpc) is 2.70. The standard InChI is InChI=1S/C20H19ClN4O2/c1-27-15-8-6-14(7-9-15)10-12-22-19(26)18-11-13-23-20(25-18)24-17-5-3-2-4-16(17)21/h2-9,11,13H,10,12H2,1H3,(H,22,26)(H,23,24,25). The topological polar surface area (TPSA) is 76.1 Å². The van der Waals surface area contributed by atoms with Crippen molar-refractivity contribution < 1.29 is 9.53 Å². The van der Waals surface area contributed by atoms with Gasteiger partial charge in [-0.25, -0.2) is 9.97 Å². The molecule has 0 saturated heterocycles. The van der Waals surface area contributed by atoms with Crippen molar-refractivity contribution in [2.24, 2.45) is 0 Å². The fourth-order valence-electron chi connectivity index (χ4n) is 2.43. The molecule has 138 valence electrons. The summed E-state index contributed by atoms with van der Waals surface area (Å²) in [5, 5.41) is 6.43. The van der Waals surface area contributed by atoms with Gasteiger partial charge in [-0.3, -0.25) is 4.79 Å². The maximum Gasteiger partial charge on any atom is 0.270 e. The lowest BCUT2D eigenvalue weighted by atomic mass is 10.1. The molecule has 0 bridgehead atoms. The number of hydrogen-bond acceptors (Lipinski definition) is 5. The van der Waals surface area contributed by atoms with E-state index in [9.17, 15) is 4.79 Å². The number of carbonyl (C=O) groups excluding carboxylic acids is 1. The van der Waals surface area contributed by atoms with Crippen molar-refractivity contribution in [2.75, 3.05) is 19.0 Å². The van der Waals surface area contributed by atoms with Crippen LogP contribution in [0.15, 0.2) is 60.8 Å². The van der Waals surface area contributed by atoms with Gasteiger partial charge in [0.25, 0.3) is 5.91 Å². The van der Waals surface area contributed by atoms with Crippen molar-refractivity contribution >= 4 is 29.1 Å². The molecule has 6 nitrogen and oxygen atoms in total. The number of methoxy groups -OCH3 is 1. The van der Waals surface area contributed by atoms with E-state index in [1.54, 1.807) is 19.2 Å². The van der Waals surface area contributed by atoms with Crippen LogP contribution in [0.3, 0.4) is 0 Å². The van der Waals surface area contributed by atoms with E-state index in [-0.39, 0.29) is 11.6 Å². The van der Waals surface area contributed by atoms with Gasteiger partial charge >= 0.3 is 0 Å². The highest BCUT2D eigenvalue weighted by molar-refractivity contribution is 6.33. The molecule has 0 spiro atoms. The van der Waals surface area contributed by atoms with Gasteiger partial charge < -0.3 is 15.4 Å². The molecular weight excluding hydrogens is 364 g/mol. The zero-order valence-electron chi connectivity index (χ0n) is 14.8. The maximum absolute atomic E-state index is 12.3. The lowest BCUT2D eigenvalue weighted by Gasteiger charge is -2.08. The first kappa shape index (κ1) is 18.7. The highest BCUT2D eigenvalue weighted by Gasteiger charge is 2.09. The molecule has 0 fully saturated rings. The molecule has 1 aromatic heterocycles. The van der Waals surface area contributed by atoms with E-state index in [0.29, 0.717) is 29.6 Å². The van der Waals surface area contributed by atoms with E-state index < -0.39 is 0 Å². The van der Waals surface area contributed by atoms with Crippen LogP contribution in [-0.4, -0.2) is 29.5 Å². The lowest BCUT2D eigenvalue weighted by molar-refractivity contribution is 0.0949. The summed E-state index contributed by atoms with van der Waals surface area (Å²) in [6.45, 7) is 0.502. The van der Waals surface area contributed by atoms with Crippen LogP contribution in [0.4, 0.5) is 11.6 Å². The smallest absolute Gasteiger partial charge is 0.270 e. The minimum Gasteiger partial charge on any atom is -0.497 e. The van der Waals surface area contributed by atoms with Crippen molar-refractivity contribution in [2.45, 2.75) is 6.42 Å². The van der Waals surface area contributed by atoms with Gasteiger partial charge in [0.15, 0.2) is 0 Å². The predicted octanol–water partition coefficient (Wildman–Crippen LogP) is 3.85. The Morgan fingerprint density at radius 2 is 1.89 bits per heavy atom. The van der Waals surface area contributed by atoms with Gasteiger partial charge in [0.1, 0.15) is 11.4 Å². The minimum atomic E-state index is -0.256. The molecule has 0 aliphatic carbocycles. The molecule has 1 heterocycles. The number of nitrogens with one attached hydrogen (secondary N) is 2. The Bertz CT molecular complexity index is 916. The number of ether oxygens (including phenoxy) is 1. The van der Waals surface area contributed by atoms with Crippen LogP contribution in [-0.2, 0) is 6.42 Å². The summed E-state index contributed by atoms with van der Waals surface area (Å²) in [5.41, 5.74) is 2.07. The van der Waals surface area contributed by atoms with Crippen molar-refractivity contribution in [3.8, 4) is 5.75 Å². The molecule has 2 aromatic carbocycles. The number of aromatic nitrogens is 2. The van der Waals surface area contributed by atoms with Crippen LogP contribution in [0.5, 0.6) is 5.75 Å². The third kappa shape index (κ3) is 5.18. The Morgan fingerprint density at radius 1 is 1.11 bits per heavy atom. The number of anilines is 2. The molecule has 0 unspecified atom stereocenters. The van der Waals surface area contributed by atoms with Crippen LogP contribution in [0, 0.1) is 0 Å². The van der Waals surface area contributed by atoms with E-state index in [1.807, 2.05) is 42.5 Å². The summed E-state index contributed by atoms with van der Waals surface area (Å²) in [6.07, 6.45) is 2.25. The van der Waals surface area contributed by atoms with Crippen LogP contribution >= 0.6 is 11.6 Å². The average molecular weight is 383 g/mol. The van der Waals surface area contributed by atoms with Crippen LogP contribution in [0.25, 0.3) is 0 Å². The summed E-state index contributed by atoms with van der Waals surface area (Å²) in [7, 11) is 1.63. The molecule has 27 heavy (non-hydrogen) atoms. The highest BCUT2D eigenvalue weighted by Crippen LogP contribution is 2.23. The zero-order valence-corrected chi connectivity index (χ0v) is 15.5. The number of rotatable bonds is 7. The first-order chi connectivity index (χ1) is 13.2. The van der Waals surface area contributed by atoms with Gasteiger partial charge in [-0.15, -0.1) is 0 Å². The minimum absolute atomic E-state index is 0.256. The van der Waals surface area contributed by atoms with Crippen LogP contribution in [0.2, 0.25) is 5.02 Å². The molecule has 7 heteroatoms. The molecule has 1 amide bonds. The molecular formula is C20H19ClN4O2. The van der Waals surface area contributed by atoms with E-state index >= 15 is 0 Å². The van der Waals surface area contributed by atoms with Crippen molar-refractivity contribution in [1.29, 1.82) is 0 Å². The van der Waals surface area contributed by atoms with Gasteiger partial charge in [0.2, 0.25) is 5.95 Å². The monoisotopic (exact) mass is 382 g/mol.